The van der Waals surface area contributed by atoms with Gasteiger partial charge in [-0.2, -0.15) is 4.31 Å². The molecular weight excluding hydrogens is 376 g/mol. The second-order valence-corrected chi connectivity index (χ2v) is 8.40. The number of hydrogen-bond acceptors (Lipinski definition) is 4. The van der Waals surface area contributed by atoms with Gasteiger partial charge in [0, 0.05) is 18.8 Å². The summed E-state index contributed by atoms with van der Waals surface area (Å²) in [5.41, 5.74) is 2.75. The van der Waals surface area contributed by atoms with Crippen molar-refractivity contribution < 1.29 is 17.9 Å². The van der Waals surface area contributed by atoms with Crippen LogP contribution in [0.25, 0.3) is 0 Å². The number of carbonyl (C=O) groups is 1. The van der Waals surface area contributed by atoms with E-state index in [9.17, 15) is 13.2 Å². The predicted octanol–water partition coefficient (Wildman–Crippen LogP) is 3.74. The first-order chi connectivity index (χ1) is 13.3. The molecule has 6 nitrogen and oxygen atoms in total. The molecule has 28 heavy (non-hydrogen) atoms. The standard InChI is InChI=1S/C21H28N2O4S/c1-5-23(6-2)28(25,26)19-12-10-18(11-13-19)22-21(24)14-15-27-20-9-7-8-16(3)17(20)4/h7-13H,5-6,14-15H2,1-4H3,(H,22,24). The van der Waals surface area contributed by atoms with Crippen LogP contribution in [-0.2, 0) is 14.8 Å². The topological polar surface area (TPSA) is 75.7 Å². The van der Waals surface area contributed by atoms with E-state index in [0.29, 0.717) is 18.8 Å². The number of rotatable bonds is 9. The fraction of sp³-hybridized carbons (Fsp3) is 0.381. The van der Waals surface area contributed by atoms with Gasteiger partial charge in [-0.3, -0.25) is 4.79 Å². The quantitative estimate of drug-likeness (QED) is 0.691. The molecule has 0 aliphatic heterocycles. The molecule has 0 unspecified atom stereocenters. The second kappa shape index (κ2) is 9.71. The second-order valence-electron chi connectivity index (χ2n) is 6.46. The lowest BCUT2D eigenvalue weighted by atomic mass is 10.1. The summed E-state index contributed by atoms with van der Waals surface area (Å²) in [6.45, 7) is 8.70. The van der Waals surface area contributed by atoms with Crippen LogP contribution in [0.5, 0.6) is 5.75 Å². The minimum atomic E-state index is -3.50. The van der Waals surface area contributed by atoms with E-state index in [-0.39, 0.29) is 23.8 Å². The molecule has 0 fully saturated rings. The number of nitrogens with zero attached hydrogens (tertiary/aromatic N) is 1. The Hall–Kier alpha value is -2.38. The molecule has 0 saturated heterocycles. The summed E-state index contributed by atoms with van der Waals surface area (Å²) in [4.78, 5) is 12.3. The van der Waals surface area contributed by atoms with Gasteiger partial charge in [0.05, 0.1) is 17.9 Å². The zero-order valence-electron chi connectivity index (χ0n) is 16.9. The summed E-state index contributed by atoms with van der Waals surface area (Å²) in [7, 11) is -3.50. The molecule has 152 valence electrons. The van der Waals surface area contributed by atoms with Gasteiger partial charge in [-0.1, -0.05) is 26.0 Å². The van der Waals surface area contributed by atoms with Gasteiger partial charge in [0.1, 0.15) is 5.75 Å². The Balaban J connectivity index is 1.91. The van der Waals surface area contributed by atoms with Crippen molar-refractivity contribution in [2.45, 2.75) is 39.0 Å². The Morgan fingerprint density at radius 1 is 1.04 bits per heavy atom. The van der Waals surface area contributed by atoms with E-state index in [1.54, 1.807) is 26.0 Å². The Morgan fingerprint density at radius 3 is 2.29 bits per heavy atom. The highest BCUT2D eigenvalue weighted by Gasteiger charge is 2.21. The maximum atomic E-state index is 12.5. The van der Waals surface area contributed by atoms with Crippen molar-refractivity contribution in [2.24, 2.45) is 0 Å². The van der Waals surface area contributed by atoms with Crippen LogP contribution in [0, 0.1) is 13.8 Å². The Bertz CT molecular complexity index is 905. The predicted molar refractivity (Wildman–Crippen MR) is 111 cm³/mol. The molecule has 2 rings (SSSR count). The molecule has 0 aromatic heterocycles. The number of nitrogens with one attached hydrogen (secondary N) is 1. The van der Waals surface area contributed by atoms with Gasteiger partial charge < -0.3 is 10.1 Å². The van der Waals surface area contributed by atoms with E-state index in [1.165, 1.54) is 16.4 Å². The molecule has 0 spiro atoms. The van der Waals surface area contributed by atoms with E-state index in [2.05, 4.69) is 5.32 Å². The normalized spacial score (nSPS) is 11.5. The average molecular weight is 405 g/mol. The minimum absolute atomic E-state index is 0.190. The summed E-state index contributed by atoms with van der Waals surface area (Å²) >= 11 is 0. The number of anilines is 1. The highest BCUT2D eigenvalue weighted by molar-refractivity contribution is 7.89. The molecule has 0 atom stereocenters. The van der Waals surface area contributed by atoms with Crippen LogP contribution in [0.15, 0.2) is 47.4 Å². The van der Waals surface area contributed by atoms with E-state index in [0.717, 1.165) is 16.9 Å². The molecule has 0 aliphatic rings. The number of sulfonamides is 1. The Kier molecular flexibility index (Phi) is 7.60. The molecule has 0 radical (unpaired) electrons. The number of aryl methyl sites for hydroxylation is 1. The van der Waals surface area contributed by atoms with Crippen LogP contribution in [0.1, 0.15) is 31.4 Å². The summed E-state index contributed by atoms with van der Waals surface area (Å²) in [5, 5.41) is 2.76. The number of carbonyl (C=O) groups excluding carboxylic acids is 1. The van der Waals surface area contributed by atoms with Crippen molar-refractivity contribution in [2.75, 3.05) is 25.0 Å². The lowest BCUT2D eigenvalue weighted by Gasteiger charge is -2.18. The fourth-order valence-corrected chi connectivity index (χ4v) is 4.24. The van der Waals surface area contributed by atoms with Gasteiger partial charge in [-0.05, 0) is 55.3 Å². The molecule has 2 aromatic rings. The minimum Gasteiger partial charge on any atom is -0.493 e. The third-order valence-corrected chi connectivity index (χ3v) is 6.69. The largest absolute Gasteiger partial charge is 0.493 e. The van der Waals surface area contributed by atoms with Crippen LogP contribution in [-0.4, -0.2) is 38.3 Å². The zero-order valence-corrected chi connectivity index (χ0v) is 17.7. The fourth-order valence-electron chi connectivity index (χ4n) is 2.78. The van der Waals surface area contributed by atoms with Crippen LogP contribution in [0.4, 0.5) is 5.69 Å². The van der Waals surface area contributed by atoms with Crippen molar-refractivity contribution >= 4 is 21.6 Å². The van der Waals surface area contributed by atoms with Crippen molar-refractivity contribution in [1.82, 2.24) is 4.31 Å². The summed E-state index contributed by atoms with van der Waals surface area (Å²) in [6.07, 6.45) is 0.201. The van der Waals surface area contributed by atoms with Gasteiger partial charge in [0.15, 0.2) is 0 Å². The lowest BCUT2D eigenvalue weighted by molar-refractivity contribution is -0.116. The van der Waals surface area contributed by atoms with E-state index < -0.39 is 10.0 Å². The van der Waals surface area contributed by atoms with Gasteiger partial charge >= 0.3 is 0 Å². The molecule has 0 heterocycles. The summed E-state index contributed by atoms with van der Waals surface area (Å²) in [5.74, 6) is 0.586. The molecule has 1 amide bonds. The lowest BCUT2D eigenvalue weighted by Crippen LogP contribution is -2.30. The maximum Gasteiger partial charge on any atom is 0.243 e. The van der Waals surface area contributed by atoms with Crippen LogP contribution in [0.3, 0.4) is 0 Å². The number of amides is 1. The van der Waals surface area contributed by atoms with Crippen LogP contribution < -0.4 is 10.1 Å². The first kappa shape index (κ1) is 21.9. The van der Waals surface area contributed by atoms with Gasteiger partial charge in [0.2, 0.25) is 15.9 Å². The average Bonchev–Trinajstić information content (AvgIpc) is 2.66. The van der Waals surface area contributed by atoms with Gasteiger partial charge in [0.25, 0.3) is 0 Å². The highest BCUT2D eigenvalue weighted by atomic mass is 32.2. The third-order valence-electron chi connectivity index (χ3n) is 4.62. The number of hydrogen-bond donors (Lipinski definition) is 1. The van der Waals surface area contributed by atoms with Gasteiger partial charge in [-0.15, -0.1) is 0 Å². The molecule has 1 N–H and O–H groups in total. The SMILES string of the molecule is CCN(CC)S(=O)(=O)c1ccc(NC(=O)CCOc2cccc(C)c2C)cc1. The maximum absolute atomic E-state index is 12.5. The Morgan fingerprint density at radius 2 is 1.68 bits per heavy atom. The Labute approximate surface area is 167 Å². The van der Waals surface area contributed by atoms with E-state index in [4.69, 9.17) is 4.74 Å². The zero-order chi connectivity index (χ0) is 20.7. The molecular formula is C21H28N2O4S. The van der Waals surface area contributed by atoms with Crippen molar-refractivity contribution in [3.05, 3.63) is 53.6 Å². The van der Waals surface area contributed by atoms with Gasteiger partial charge in [-0.25, -0.2) is 8.42 Å². The molecule has 0 aliphatic carbocycles. The molecule has 0 saturated carbocycles. The van der Waals surface area contributed by atoms with E-state index in [1.807, 2.05) is 32.0 Å². The summed E-state index contributed by atoms with van der Waals surface area (Å²) in [6, 6.07) is 12.0. The van der Waals surface area contributed by atoms with Crippen molar-refractivity contribution in [3.63, 3.8) is 0 Å². The summed E-state index contributed by atoms with van der Waals surface area (Å²) < 4.78 is 32.0. The monoisotopic (exact) mass is 404 g/mol. The number of ether oxygens (including phenoxy) is 1. The molecule has 7 heteroatoms. The van der Waals surface area contributed by atoms with Crippen molar-refractivity contribution in [3.8, 4) is 5.75 Å². The molecule has 0 bridgehead atoms. The molecule has 2 aromatic carbocycles. The van der Waals surface area contributed by atoms with Crippen molar-refractivity contribution in [1.29, 1.82) is 0 Å². The smallest absolute Gasteiger partial charge is 0.243 e. The first-order valence-corrected chi connectivity index (χ1v) is 10.8. The third kappa shape index (κ3) is 5.33. The number of benzene rings is 2. The van der Waals surface area contributed by atoms with Crippen LogP contribution in [0.2, 0.25) is 0 Å². The highest BCUT2D eigenvalue weighted by Crippen LogP contribution is 2.21. The van der Waals surface area contributed by atoms with E-state index >= 15 is 0 Å². The van der Waals surface area contributed by atoms with Crippen LogP contribution >= 0.6 is 0 Å². The first-order valence-electron chi connectivity index (χ1n) is 9.38.